The van der Waals surface area contributed by atoms with Crippen molar-refractivity contribution in [3.05, 3.63) is 57.7 Å². The van der Waals surface area contributed by atoms with Gasteiger partial charge in [0.1, 0.15) is 11.5 Å². The quantitative estimate of drug-likeness (QED) is 0.515. The van der Waals surface area contributed by atoms with Crippen LogP contribution in [-0.4, -0.2) is 22.3 Å². The van der Waals surface area contributed by atoms with Crippen molar-refractivity contribution < 1.29 is 19.8 Å². The van der Waals surface area contributed by atoms with Crippen molar-refractivity contribution in [2.24, 2.45) is 17.3 Å². The average Bonchev–Trinajstić information content (AvgIpc) is 2.66. The lowest BCUT2D eigenvalue weighted by Gasteiger charge is -2.38. The van der Waals surface area contributed by atoms with Crippen molar-refractivity contribution in [1.82, 2.24) is 0 Å². The van der Waals surface area contributed by atoms with Gasteiger partial charge < -0.3 is 10.2 Å². The topological polar surface area (TPSA) is 74.6 Å². The first-order valence-corrected chi connectivity index (χ1v) is 9.68. The van der Waals surface area contributed by atoms with E-state index in [1.807, 2.05) is 38.2 Å². The SMILES string of the molecule is CC(/C=C/[C@]1(C)[C@@H](C)C=CC(=O)[C@@H]1C)=C\Cc1c(O)c(Cl)c(C)c(C=O)c1O. The van der Waals surface area contributed by atoms with Gasteiger partial charge in [-0.1, -0.05) is 62.2 Å². The Bertz CT molecular complexity index is 895. The molecule has 1 aliphatic carbocycles. The van der Waals surface area contributed by atoms with Crippen LogP contribution in [-0.2, 0) is 11.2 Å². The highest BCUT2D eigenvalue weighted by atomic mass is 35.5. The van der Waals surface area contributed by atoms with Crippen LogP contribution in [0.4, 0.5) is 0 Å². The third-order valence-corrected chi connectivity index (χ3v) is 6.57. The fourth-order valence-electron chi connectivity index (χ4n) is 3.45. The molecule has 1 aromatic carbocycles. The van der Waals surface area contributed by atoms with Crippen molar-refractivity contribution in [2.45, 2.75) is 41.0 Å². The highest BCUT2D eigenvalue weighted by molar-refractivity contribution is 6.33. The number of halogens is 1. The first-order valence-electron chi connectivity index (χ1n) is 9.30. The van der Waals surface area contributed by atoms with Crippen molar-refractivity contribution in [3.8, 4) is 11.5 Å². The summed E-state index contributed by atoms with van der Waals surface area (Å²) >= 11 is 6.09. The van der Waals surface area contributed by atoms with Gasteiger partial charge in [0, 0.05) is 16.9 Å². The summed E-state index contributed by atoms with van der Waals surface area (Å²) in [6, 6.07) is 0. The van der Waals surface area contributed by atoms with E-state index in [4.69, 9.17) is 11.6 Å². The Morgan fingerprint density at radius 2 is 1.93 bits per heavy atom. The average molecular weight is 403 g/mol. The number of carbonyl (C=O) groups excluding carboxylic acids is 2. The van der Waals surface area contributed by atoms with Crippen LogP contribution < -0.4 is 0 Å². The highest BCUT2D eigenvalue weighted by Crippen LogP contribution is 2.42. The van der Waals surface area contributed by atoms with Gasteiger partial charge in [-0.15, -0.1) is 0 Å². The van der Waals surface area contributed by atoms with Crippen molar-refractivity contribution >= 4 is 23.7 Å². The van der Waals surface area contributed by atoms with Crippen LogP contribution in [0.25, 0.3) is 0 Å². The second kappa shape index (κ2) is 8.36. The normalized spacial score (nSPS) is 25.5. The predicted molar refractivity (Wildman–Crippen MR) is 112 cm³/mol. The van der Waals surface area contributed by atoms with Gasteiger partial charge in [-0.2, -0.15) is 0 Å². The maximum Gasteiger partial charge on any atom is 0.159 e. The molecule has 0 saturated heterocycles. The number of allylic oxidation sites excluding steroid dienone is 6. The summed E-state index contributed by atoms with van der Waals surface area (Å²) < 4.78 is 0. The minimum Gasteiger partial charge on any atom is -0.507 e. The molecule has 4 nitrogen and oxygen atoms in total. The molecule has 0 spiro atoms. The fraction of sp³-hybridized carbons (Fsp3) is 0.391. The molecule has 150 valence electrons. The number of phenols is 2. The van der Waals surface area contributed by atoms with E-state index in [0.29, 0.717) is 11.8 Å². The van der Waals surface area contributed by atoms with Gasteiger partial charge in [0.15, 0.2) is 12.1 Å². The Morgan fingerprint density at radius 1 is 1.29 bits per heavy atom. The molecule has 0 unspecified atom stereocenters. The Morgan fingerprint density at radius 3 is 2.54 bits per heavy atom. The van der Waals surface area contributed by atoms with Gasteiger partial charge in [0.25, 0.3) is 0 Å². The number of rotatable bonds is 5. The lowest BCUT2D eigenvalue weighted by atomic mass is 9.64. The van der Waals surface area contributed by atoms with Crippen molar-refractivity contribution in [3.63, 3.8) is 0 Å². The molecule has 2 N–H and O–H groups in total. The third-order valence-electron chi connectivity index (χ3n) is 6.11. The molecule has 0 fully saturated rings. The van der Waals surface area contributed by atoms with E-state index < -0.39 is 0 Å². The molecular weight excluding hydrogens is 376 g/mol. The second-order valence-corrected chi connectivity index (χ2v) is 8.15. The summed E-state index contributed by atoms with van der Waals surface area (Å²) in [6.45, 7) is 9.58. The van der Waals surface area contributed by atoms with E-state index >= 15 is 0 Å². The minimum absolute atomic E-state index is 0.0687. The molecule has 28 heavy (non-hydrogen) atoms. The van der Waals surface area contributed by atoms with Gasteiger partial charge in [0.2, 0.25) is 0 Å². The van der Waals surface area contributed by atoms with E-state index in [0.717, 1.165) is 5.57 Å². The van der Waals surface area contributed by atoms with Crippen LogP contribution in [0.1, 0.15) is 49.2 Å². The molecule has 0 bridgehead atoms. The number of hydrogen-bond acceptors (Lipinski definition) is 4. The number of aldehydes is 1. The van der Waals surface area contributed by atoms with E-state index in [1.165, 1.54) is 0 Å². The van der Waals surface area contributed by atoms with E-state index in [1.54, 1.807) is 13.0 Å². The van der Waals surface area contributed by atoms with Crippen LogP contribution in [0.3, 0.4) is 0 Å². The van der Waals surface area contributed by atoms with Crippen LogP contribution in [0, 0.1) is 24.2 Å². The molecule has 5 heteroatoms. The van der Waals surface area contributed by atoms with Crippen LogP contribution in [0.2, 0.25) is 5.02 Å². The molecule has 1 aromatic rings. The number of carbonyl (C=O) groups is 2. The van der Waals surface area contributed by atoms with Gasteiger partial charge in [-0.05, 0) is 37.8 Å². The Labute approximate surface area is 171 Å². The molecule has 3 atom stereocenters. The summed E-state index contributed by atoms with van der Waals surface area (Å²) in [7, 11) is 0. The summed E-state index contributed by atoms with van der Waals surface area (Å²) in [6.07, 6.45) is 10.2. The zero-order chi connectivity index (χ0) is 21.2. The summed E-state index contributed by atoms with van der Waals surface area (Å²) in [4.78, 5) is 23.3. The zero-order valence-electron chi connectivity index (χ0n) is 16.9. The summed E-state index contributed by atoms with van der Waals surface area (Å²) in [5.41, 5.74) is 1.27. The largest absolute Gasteiger partial charge is 0.507 e. The van der Waals surface area contributed by atoms with E-state index in [9.17, 15) is 19.8 Å². The maximum atomic E-state index is 12.1. The number of phenolic OH excluding ortho intramolecular Hbond substituents is 2. The van der Waals surface area contributed by atoms with Crippen LogP contribution in [0.5, 0.6) is 11.5 Å². The predicted octanol–water partition coefficient (Wildman–Crippen LogP) is 5.33. The van der Waals surface area contributed by atoms with E-state index in [-0.39, 0.29) is 57.1 Å². The van der Waals surface area contributed by atoms with Crippen molar-refractivity contribution in [2.75, 3.05) is 0 Å². The minimum atomic E-state index is -0.289. The molecule has 2 rings (SSSR count). The summed E-state index contributed by atoms with van der Waals surface area (Å²) in [5.74, 6) is -0.233. The molecule has 1 aliphatic rings. The first-order chi connectivity index (χ1) is 13.0. The monoisotopic (exact) mass is 402 g/mol. The molecule has 0 aliphatic heterocycles. The Kier molecular flexibility index (Phi) is 6.56. The second-order valence-electron chi connectivity index (χ2n) is 7.77. The van der Waals surface area contributed by atoms with Crippen LogP contribution >= 0.6 is 11.6 Å². The molecular formula is C23H27ClO4. The number of benzene rings is 1. The molecule has 0 amide bonds. The van der Waals surface area contributed by atoms with Crippen molar-refractivity contribution in [1.29, 1.82) is 0 Å². The Balaban J connectivity index is 2.30. The fourth-order valence-corrected chi connectivity index (χ4v) is 3.66. The molecule has 0 radical (unpaired) electrons. The zero-order valence-corrected chi connectivity index (χ0v) is 17.7. The first kappa shape index (κ1) is 22.0. The lowest BCUT2D eigenvalue weighted by molar-refractivity contribution is -0.121. The summed E-state index contributed by atoms with van der Waals surface area (Å²) in [5, 5.41) is 20.7. The van der Waals surface area contributed by atoms with Crippen LogP contribution in [0.15, 0.2) is 36.0 Å². The van der Waals surface area contributed by atoms with Gasteiger partial charge in [0.05, 0.1) is 10.6 Å². The maximum absolute atomic E-state index is 12.1. The smallest absolute Gasteiger partial charge is 0.159 e. The third kappa shape index (κ3) is 3.93. The molecule has 0 saturated carbocycles. The van der Waals surface area contributed by atoms with Gasteiger partial charge in [-0.25, -0.2) is 0 Å². The highest BCUT2D eigenvalue weighted by Gasteiger charge is 2.39. The van der Waals surface area contributed by atoms with E-state index in [2.05, 4.69) is 13.8 Å². The number of aromatic hydroxyl groups is 2. The van der Waals surface area contributed by atoms with Gasteiger partial charge in [-0.3, -0.25) is 9.59 Å². The number of ketones is 1. The molecule has 0 aromatic heterocycles. The number of hydrogen-bond donors (Lipinski definition) is 2. The lowest BCUT2D eigenvalue weighted by Crippen LogP contribution is -2.37. The van der Waals surface area contributed by atoms with Gasteiger partial charge >= 0.3 is 0 Å². The Hall–Kier alpha value is -2.33. The molecule has 0 heterocycles. The standard InChI is InChI=1S/C23H27ClO4/c1-13(10-11-23(5)14(2)7-9-19(26)16(23)4)6-8-17-21(27)18(12-25)15(3)20(24)22(17)28/h6-7,9-12,14,16,27-28H,8H2,1-5H3/b11-10+,13-6+/t14-,16-,23+/m0/s1.